The van der Waals surface area contributed by atoms with E-state index >= 15 is 0 Å². The van der Waals surface area contributed by atoms with Gasteiger partial charge in [-0.2, -0.15) is 0 Å². The van der Waals surface area contributed by atoms with E-state index in [2.05, 4.69) is 35.9 Å². The molecule has 3 aliphatic rings. The molecule has 3 heterocycles. The topological polar surface area (TPSA) is 90.5 Å². The number of carbonyl (C=O) groups is 3. The Hall–Kier alpha value is -2.25. The number of rotatable bonds is 5. The van der Waals surface area contributed by atoms with Crippen molar-refractivity contribution in [1.29, 1.82) is 0 Å². The van der Waals surface area contributed by atoms with Crippen molar-refractivity contribution in [2.75, 3.05) is 13.1 Å². The molecule has 156 valence electrons. The summed E-state index contributed by atoms with van der Waals surface area (Å²) in [5.74, 6) is -0.0862. The first-order valence-corrected chi connectivity index (χ1v) is 10.5. The molecule has 3 amide bonds. The largest absolute Gasteiger partial charge is 0.322 e. The Labute approximate surface area is 171 Å². The number of imide groups is 1. The van der Waals surface area contributed by atoms with Gasteiger partial charge in [-0.25, -0.2) is 0 Å². The summed E-state index contributed by atoms with van der Waals surface area (Å²) in [7, 11) is 0. The molecule has 2 unspecified atom stereocenters. The van der Waals surface area contributed by atoms with Gasteiger partial charge < -0.3 is 15.5 Å². The second-order valence-corrected chi connectivity index (χ2v) is 9.19. The Morgan fingerprint density at radius 1 is 1.21 bits per heavy atom. The lowest BCUT2D eigenvalue weighted by molar-refractivity contribution is -0.136. The highest BCUT2D eigenvalue weighted by Gasteiger charge is 2.39. The maximum Gasteiger partial charge on any atom is 0.255 e. The van der Waals surface area contributed by atoms with E-state index < -0.39 is 6.04 Å². The van der Waals surface area contributed by atoms with Crippen LogP contribution in [0.5, 0.6) is 0 Å². The number of benzene rings is 1. The molecule has 2 atom stereocenters. The van der Waals surface area contributed by atoms with Gasteiger partial charge in [0.25, 0.3) is 5.91 Å². The Bertz CT molecular complexity index is 835. The Morgan fingerprint density at radius 3 is 2.79 bits per heavy atom. The van der Waals surface area contributed by atoms with Crippen LogP contribution in [0, 0.1) is 5.92 Å². The van der Waals surface area contributed by atoms with Crippen LogP contribution < -0.4 is 16.0 Å². The highest BCUT2D eigenvalue weighted by molar-refractivity contribution is 6.05. The summed E-state index contributed by atoms with van der Waals surface area (Å²) in [4.78, 5) is 38.0. The van der Waals surface area contributed by atoms with E-state index in [-0.39, 0.29) is 29.7 Å². The van der Waals surface area contributed by atoms with Gasteiger partial charge in [0.1, 0.15) is 6.04 Å². The molecule has 7 heteroatoms. The predicted octanol–water partition coefficient (Wildman–Crippen LogP) is 1.32. The van der Waals surface area contributed by atoms with E-state index in [1.807, 2.05) is 12.1 Å². The number of amides is 3. The summed E-state index contributed by atoms with van der Waals surface area (Å²) in [6.45, 7) is 7.68. The molecule has 0 aromatic heterocycles. The first-order chi connectivity index (χ1) is 13.8. The lowest BCUT2D eigenvalue weighted by Crippen LogP contribution is -2.52. The molecule has 0 bridgehead atoms. The summed E-state index contributed by atoms with van der Waals surface area (Å²) in [6, 6.07) is 5.43. The van der Waals surface area contributed by atoms with Gasteiger partial charge in [0.2, 0.25) is 11.8 Å². The molecule has 0 aliphatic carbocycles. The van der Waals surface area contributed by atoms with Crippen molar-refractivity contribution in [1.82, 2.24) is 20.9 Å². The van der Waals surface area contributed by atoms with Gasteiger partial charge in [0.15, 0.2) is 0 Å². The molecular weight excluding hydrogens is 368 g/mol. The molecule has 29 heavy (non-hydrogen) atoms. The lowest BCUT2D eigenvalue weighted by Gasteiger charge is -2.36. The molecule has 0 saturated carbocycles. The van der Waals surface area contributed by atoms with E-state index in [1.54, 1.807) is 4.90 Å². The number of hydrogen-bond acceptors (Lipinski definition) is 5. The van der Waals surface area contributed by atoms with Crippen LogP contribution in [0.1, 0.15) is 61.0 Å². The minimum atomic E-state index is -0.558. The van der Waals surface area contributed by atoms with Gasteiger partial charge in [0.05, 0.1) is 0 Å². The molecule has 1 aromatic carbocycles. The van der Waals surface area contributed by atoms with Crippen LogP contribution in [0.25, 0.3) is 0 Å². The van der Waals surface area contributed by atoms with Crippen molar-refractivity contribution >= 4 is 17.7 Å². The molecule has 7 nitrogen and oxygen atoms in total. The highest BCUT2D eigenvalue weighted by Crippen LogP contribution is 2.28. The number of nitrogens with zero attached hydrogens (tertiary/aromatic N) is 1. The summed E-state index contributed by atoms with van der Waals surface area (Å²) in [5.41, 5.74) is 2.90. The number of piperidine rings is 2. The molecule has 2 saturated heterocycles. The van der Waals surface area contributed by atoms with Crippen LogP contribution in [0.2, 0.25) is 0 Å². The second kappa shape index (κ2) is 7.88. The number of carbonyl (C=O) groups excluding carboxylic acids is 3. The van der Waals surface area contributed by atoms with Gasteiger partial charge in [-0.3, -0.25) is 19.7 Å². The minimum Gasteiger partial charge on any atom is -0.322 e. The van der Waals surface area contributed by atoms with Gasteiger partial charge >= 0.3 is 0 Å². The van der Waals surface area contributed by atoms with Crippen LogP contribution in [-0.2, 0) is 22.7 Å². The zero-order valence-electron chi connectivity index (χ0n) is 17.2. The van der Waals surface area contributed by atoms with Crippen LogP contribution in [-0.4, -0.2) is 47.3 Å². The van der Waals surface area contributed by atoms with Gasteiger partial charge in [-0.1, -0.05) is 12.1 Å². The normalized spacial score (nSPS) is 26.4. The lowest BCUT2D eigenvalue weighted by atomic mass is 9.84. The Balaban J connectivity index is 1.35. The van der Waals surface area contributed by atoms with Gasteiger partial charge in [0, 0.05) is 30.6 Å². The fourth-order valence-corrected chi connectivity index (χ4v) is 4.82. The summed E-state index contributed by atoms with van der Waals surface area (Å²) in [6.07, 6.45) is 3.01. The van der Waals surface area contributed by atoms with E-state index in [0.717, 1.165) is 37.2 Å². The second-order valence-electron chi connectivity index (χ2n) is 9.19. The Kier molecular flexibility index (Phi) is 5.44. The Morgan fingerprint density at radius 2 is 2.03 bits per heavy atom. The quantitative estimate of drug-likeness (QED) is 0.651. The van der Waals surface area contributed by atoms with E-state index in [9.17, 15) is 14.4 Å². The molecule has 2 fully saturated rings. The van der Waals surface area contributed by atoms with Gasteiger partial charge in [-0.15, -0.1) is 0 Å². The van der Waals surface area contributed by atoms with Crippen molar-refractivity contribution in [2.45, 2.75) is 64.2 Å². The minimum absolute atomic E-state index is 0.114. The number of nitrogens with one attached hydrogen (secondary N) is 3. The van der Waals surface area contributed by atoms with Crippen molar-refractivity contribution in [3.8, 4) is 0 Å². The standard InChI is InChI=1S/C22H30N4O3/c1-22(2)10-15(7-8-24-22)12-23-11-14-3-4-16-13-26(21(29)17(16)9-14)18-5-6-19(27)25-20(18)28/h3-4,9,15,18,23-24H,5-8,10-13H2,1-2H3,(H,25,27,28). The van der Waals surface area contributed by atoms with E-state index in [1.165, 1.54) is 6.42 Å². The fourth-order valence-electron chi connectivity index (χ4n) is 4.82. The van der Waals surface area contributed by atoms with Crippen molar-refractivity contribution in [2.24, 2.45) is 5.92 Å². The van der Waals surface area contributed by atoms with Crippen molar-refractivity contribution < 1.29 is 14.4 Å². The molecule has 0 spiro atoms. The third-order valence-corrected chi connectivity index (χ3v) is 6.31. The van der Waals surface area contributed by atoms with Crippen molar-refractivity contribution in [3.63, 3.8) is 0 Å². The SMILES string of the molecule is CC1(C)CC(CNCc2ccc3c(c2)C(=O)N(C2CCC(=O)NC2=O)C3)CCN1. The molecule has 1 aromatic rings. The monoisotopic (exact) mass is 398 g/mol. The smallest absolute Gasteiger partial charge is 0.255 e. The first kappa shape index (κ1) is 20.0. The fraction of sp³-hybridized carbons (Fsp3) is 0.591. The third-order valence-electron chi connectivity index (χ3n) is 6.31. The van der Waals surface area contributed by atoms with Crippen molar-refractivity contribution in [3.05, 3.63) is 34.9 Å². The van der Waals surface area contributed by atoms with Crippen LogP contribution in [0.4, 0.5) is 0 Å². The average molecular weight is 399 g/mol. The molecule has 4 rings (SSSR count). The summed E-state index contributed by atoms with van der Waals surface area (Å²) in [5, 5.41) is 9.44. The zero-order valence-corrected chi connectivity index (χ0v) is 17.2. The molecule has 0 radical (unpaired) electrons. The average Bonchev–Trinajstić information content (AvgIpc) is 2.97. The predicted molar refractivity (Wildman–Crippen MR) is 109 cm³/mol. The molecule has 3 N–H and O–H groups in total. The highest BCUT2D eigenvalue weighted by atomic mass is 16.2. The number of fused-ring (bicyclic) bond motifs is 1. The van der Waals surface area contributed by atoms with Crippen LogP contribution in [0.15, 0.2) is 18.2 Å². The molecular formula is C22H30N4O3. The summed E-state index contributed by atoms with van der Waals surface area (Å²) < 4.78 is 0. The first-order valence-electron chi connectivity index (χ1n) is 10.5. The van der Waals surface area contributed by atoms with E-state index in [0.29, 0.717) is 24.4 Å². The van der Waals surface area contributed by atoms with Gasteiger partial charge in [-0.05, 0) is 69.3 Å². The maximum atomic E-state index is 12.9. The summed E-state index contributed by atoms with van der Waals surface area (Å²) >= 11 is 0. The zero-order chi connectivity index (χ0) is 20.6. The molecule has 3 aliphatic heterocycles. The van der Waals surface area contributed by atoms with Crippen LogP contribution >= 0.6 is 0 Å². The van der Waals surface area contributed by atoms with Crippen LogP contribution in [0.3, 0.4) is 0 Å². The van der Waals surface area contributed by atoms with E-state index in [4.69, 9.17) is 0 Å². The third kappa shape index (κ3) is 4.36. The number of hydrogen-bond donors (Lipinski definition) is 3. The maximum absolute atomic E-state index is 12.9.